The molecule has 1 saturated heterocycles. The molecule has 1 aliphatic rings. The number of aromatic amines is 1. The van der Waals surface area contributed by atoms with Gasteiger partial charge in [-0.1, -0.05) is 48.0 Å². The summed E-state index contributed by atoms with van der Waals surface area (Å²) in [6.07, 6.45) is 0. The van der Waals surface area contributed by atoms with Gasteiger partial charge in [-0.2, -0.15) is 0 Å². The Morgan fingerprint density at radius 3 is 2.31 bits per heavy atom. The molecule has 0 amide bonds. The average molecular weight is 368 g/mol. The summed E-state index contributed by atoms with van der Waals surface area (Å²) in [5, 5.41) is 9.11. The van der Waals surface area contributed by atoms with Crippen LogP contribution in [0.1, 0.15) is 0 Å². The highest BCUT2D eigenvalue weighted by molar-refractivity contribution is 6.30. The highest BCUT2D eigenvalue weighted by Gasteiger charge is 2.20. The predicted octanol–water partition coefficient (Wildman–Crippen LogP) is 2.81. The van der Waals surface area contributed by atoms with Gasteiger partial charge in [-0.05, 0) is 18.2 Å². The van der Waals surface area contributed by atoms with E-state index in [4.69, 9.17) is 11.6 Å². The molecule has 0 saturated carbocycles. The first-order valence-corrected chi connectivity index (χ1v) is 8.86. The van der Waals surface area contributed by atoms with Crippen LogP contribution in [0.5, 0.6) is 0 Å². The maximum Gasteiger partial charge on any atom is 0.279 e. The number of piperazine rings is 1. The van der Waals surface area contributed by atoms with Crippen LogP contribution in [0.25, 0.3) is 11.3 Å². The average Bonchev–Trinajstić information content (AvgIpc) is 2.69. The molecule has 3 aromatic rings. The number of H-pyrrole nitrogens is 1. The Balaban J connectivity index is 1.48. The monoisotopic (exact) mass is 367 g/mol. The molecule has 0 aliphatic carbocycles. The van der Waals surface area contributed by atoms with Crippen LogP contribution in [0.3, 0.4) is 0 Å². The van der Waals surface area contributed by atoms with Crippen LogP contribution < -0.4 is 15.4 Å². The predicted molar refractivity (Wildman–Crippen MR) is 104 cm³/mol. The third kappa shape index (κ3) is 3.41. The molecule has 6 nitrogen and oxygen atoms in total. The minimum Gasteiger partial charge on any atom is -0.368 e. The zero-order valence-electron chi connectivity index (χ0n) is 14.1. The van der Waals surface area contributed by atoms with Gasteiger partial charge in [0.25, 0.3) is 5.56 Å². The number of halogens is 1. The number of aromatic nitrogens is 3. The van der Waals surface area contributed by atoms with Crippen molar-refractivity contribution in [3.63, 3.8) is 0 Å². The summed E-state index contributed by atoms with van der Waals surface area (Å²) in [6.45, 7) is 3.15. The largest absolute Gasteiger partial charge is 0.368 e. The summed E-state index contributed by atoms with van der Waals surface area (Å²) in [7, 11) is 0. The van der Waals surface area contributed by atoms with Gasteiger partial charge < -0.3 is 9.80 Å². The molecule has 132 valence electrons. The van der Waals surface area contributed by atoms with E-state index in [1.165, 1.54) is 0 Å². The Morgan fingerprint density at radius 1 is 0.885 bits per heavy atom. The Hall–Kier alpha value is -2.86. The third-order valence-corrected chi connectivity index (χ3v) is 4.72. The van der Waals surface area contributed by atoms with E-state index in [1.54, 1.807) is 0 Å². The first-order valence-electron chi connectivity index (χ1n) is 8.48. The van der Waals surface area contributed by atoms with E-state index in [2.05, 4.69) is 26.1 Å². The van der Waals surface area contributed by atoms with Gasteiger partial charge in [0.1, 0.15) is 0 Å². The fourth-order valence-electron chi connectivity index (χ4n) is 3.10. The van der Waals surface area contributed by atoms with Crippen LogP contribution >= 0.6 is 11.6 Å². The number of nitrogens with zero attached hydrogens (tertiary/aromatic N) is 4. The van der Waals surface area contributed by atoms with Crippen molar-refractivity contribution in [2.24, 2.45) is 0 Å². The van der Waals surface area contributed by atoms with E-state index in [1.807, 2.05) is 53.4 Å². The van der Waals surface area contributed by atoms with Crippen LogP contribution in [0, 0.1) is 0 Å². The highest BCUT2D eigenvalue weighted by Crippen LogP contribution is 2.21. The Labute approximate surface area is 156 Å². The fourth-order valence-corrected chi connectivity index (χ4v) is 3.29. The highest BCUT2D eigenvalue weighted by atomic mass is 35.5. The number of nitrogens with one attached hydrogen (secondary N) is 1. The van der Waals surface area contributed by atoms with Crippen molar-refractivity contribution >= 4 is 23.2 Å². The number of rotatable bonds is 3. The van der Waals surface area contributed by atoms with E-state index < -0.39 is 0 Å². The number of anilines is 2. The molecular formula is C19H18ClN5O. The van der Waals surface area contributed by atoms with E-state index >= 15 is 0 Å². The molecule has 2 heterocycles. The summed E-state index contributed by atoms with van der Waals surface area (Å²) < 4.78 is 0. The lowest BCUT2D eigenvalue weighted by Crippen LogP contribution is -2.47. The Kier molecular flexibility index (Phi) is 4.58. The molecule has 0 bridgehead atoms. The van der Waals surface area contributed by atoms with Crippen LogP contribution in [0.2, 0.25) is 5.02 Å². The lowest BCUT2D eigenvalue weighted by molar-refractivity contribution is 0.634. The zero-order chi connectivity index (χ0) is 17.9. The molecule has 1 aromatic heterocycles. The lowest BCUT2D eigenvalue weighted by Gasteiger charge is -2.36. The van der Waals surface area contributed by atoms with Gasteiger partial charge in [0.05, 0.1) is 0 Å². The van der Waals surface area contributed by atoms with Gasteiger partial charge in [0, 0.05) is 42.5 Å². The van der Waals surface area contributed by atoms with Crippen molar-refractivity contribution in [2.45, 2.75) is 0 Å². The van der Waals surface area contributed by atoms with E-state index in [-0.39, 0.29) is 5.56 Å². The number of hydrogen-bond donors (Lipinski definition) is 1. The normalized spacial score (nSPS) is 14.5. The van der Waals surface area contributed by atoms with Gasteiger partial charge in [0.15, 0.2) is 5.69 Å². The molecule has 7 heteroatoms. The molecule has 1 N–H and O–H groups in total. The first kappa shape index (κ1) is 16.6. The summed E-state index contributed by atoms with van der Waals surface area (Å²) in [4.78, 5) is 19.6. The van der Waals surface area contributed by atoms with Crippen molar-refractivity contribution in [1.82, 2.24) is 15.2 Å². The summed E-state index contributed by atoms with van der Waals surface area (Å²) in [6, 6.07) is 17.2. The molecule has 0 spiro atoms. The second kappa shape index (κ2) is 7.17. The second-order valence-corrected chi connectivity index (χ2v) is 6.58. The maximum absolute atomic E-state index is 12.4. The van der Waals surface area contributed by atoms with Crippen molar-refractivity contribution in [1.29, 1.82) is 0 Å². The van der Waals surface area contributed by atoms with Crippen molar-refractivity contribution in [3.05, 3.63) is 70.0 Å². The SMILES string of the molecule is O=c1[nH]c(N2CCN(c3cccc(Cl)c3)CC2)nnc1-c1ccccc1. The molecule has 2 aromatic carbocycles. The van der Waals surface area contributed by atoms with Gasteiger partial charge in [-0.3, -0.25) is 9.78 Å². The Bertz CT molecular complexity index is 951. The fraction of sp³-hybridized carbons (Fsp3) is 0.211. The lowest BCUT2D eigenvalue weighted by atomic mass is 10.2. The van der Waals surface area contributed by atoms with E-state index in [9.17, 15) is 4.79 Å². The van der Waals surface area contributed by atoms with Crippen molar-refractivity contribution < 1.29 is 0 Å². The summed E-state index contributed by atoms with van der Waals surface area (Å²) >= 11 is 6.08. The van der Waals surface area contributed by atoms with Crippen molar-refractivity contribution in [3.8, 4) is 11.3 Å². The minimum atomic E-state index is -0.224. The summed E-state index contributed by atoms with van der Waals surface area (Å²) in [5.74, 6) is 0.514. The summed E-state index contributed by atoms with van der Waals surface area (Å²) in [5.41, 5.74) is 1.99. The molecule has 0 unspecified atom stereocenters. The van der Waals surface area contributed by atoms with Gasteiger partial charge in [0.2, 0.25) is 5.95 Å². The van der Waals surface area contributed by atoms with Gasteiger partial charge in [-0.15, -0.1) is 10.2 Å². The Morgan fingerprint density at radius 2 is 1.62 bits per heavy atom. The van der Waals surface area contributed by atoms with Gasteiger partial charge in [-0.25, -0.2) is 0 Å². The molecule has 0 atom stereocenters. The topological polar surface area (TPSA) is 65.1 Å². The molecule has 0 radical (unpaired) electrons. The van der Waals surface area contributed by atoms with Crippen molar-refractivity contribution in [2.75, 3.05) is 36.0 Å². The number of hydrogen-bond acceptors (Lipinski definition) is 5. The third-order valence-electron chi connectivity index (χ3n) is 4.48. The zero-order valence-corrected chi connectivity index (χ0v) is 14.9. The van der Waals surface area contributed by atoms with Crippen LogP contribution in [-0.4, -0.2) is 41.4 Å². The molecule has 1 fully saturated rings. The molecule has 4 rings (SSSR count). The quantitative estimate of drug-likeness (QED) is 0.771. The molecular weight excluding hydrogens is 350 g/mol. The standard InChI is InChI=1S/C19H18ClN5O/c20-15-7-4-8-16(13-15)24-9-11-25(12-10-24)19-21-18(26)17(22-23-19)14-5-2-1-3-6-14/h1-8,13H,9-12H2,(H,21,23,26). The maximum atomic E-state index is 12.4. The first-order chi connectivity index (χ1) is 12.7. The molecule has 26 heavy (non-hydrogen) atoms. The molecule has 1 aliphatic heterocycles. The number of benzene rings is 2. The van der Waals surface area contributed by atoms with Crippen LogP contribution in [-0.2, 0) is 0 Å². The smallest absolute Gasteiger partial charge is 0.279 e. The van der Waals surface area contributed by atoms with E-state index in [0.717, 1.165) is 42.5 Å². The second-order valence-electron chi connectivity index (χ2n) is 6.15. The minimum absolute atomic E-state index is 0.224. The van der Waals surface area contributed by atoms with Crippen LogP contribution in [0.15, 0.2) is 59.4 Å². The van der Waals surface area contributed by atoms with Crippen LogP contribution in [0.4, 0.5) is 11.6 Å². The van der Waals surface area contributed by atoms with Gasteiger partial charge >= 0.3 is 0 Å². The van der Waals surface area contributed by atoms with E-state index in [0.29, 0.717) is 11.6 Å².